The van der Waals surface area contributed by atoms with Crippen LogP contribution >= 0.6 is 11.8 Å². The lowest BCUT2D eigenvalue weighted by Gasteiger charge is -2.10. The van der Waals surface area contributed by atoms with Crippen LogP contribution in [0.5, 0.6) is 5.75 Å². The minimum Gasteiger partial charge on any atom is -0.492 e. The number of thioether (sulfide) groups is 1. The summed E-state index contributed by atoms with van der Waals surface area (Å²) in [4.78, 5) is 11.6. The molecule has 0 radical (unpaired) electrons. The summed E-state index contributed by atoms with van der Waals surface area (Å²) in [6.45, 7) is 0.548. The number of rotatable bonds is 7. The van der Waals surface area contributed by atoms with E-state index in [4.69, 9.17) is 10.6 Å². The van der Waals surface area contributed by atoms with Crippen LogP contribution in [0.3, 0.4) is 0 Å². The molecule has 0 atom stereocenters. The van der Waals surface area contributed by atoms with Gasteiger partial charge in [0.15, 0.2) is 0 Å². The third-order valence-corrected chi connectivity index (χ3v) is 3.85. The summed E-state index contributed by atoms with van der Waals surface area (Å²) < 4.78 is 5.66. The van der Waals surface area contributed by atoms with E-state index in [1.807, 2.05) is 24.3 Å². The Kier molecular flexibility index (Phi) is 6.12. The number of nitrogens with two attached hydrogens (primary N) is 1. The Bertz CT molecular complexity index is 575. The van der Waals surface area contributed by atoms with Crippen molar-refractivity contribution in [2.75, 3.05) is 12.4 Å². The van der Waals surface area contributed by atoms with E-state index in [9.17, 15) is 4.79 Å². The summed E-state index contributed by atoms with van der Waals surface area (Å²) in [6.07, 6.45) is 0. The quantitative estimate of drug-likeness (QED) is 0.357. The number of hydrazine groups is 1. The molecular weight excluding hydrogens is 284 g/mol. The van der Waals surface area contributed by atoms with Crippen molar-refractivity contribution in [3.05, 3.63) is 65.7 Å². The molecular formula is C16H18N2O2S. The third-order valence-electron chi connectivity index (χ3n) is 2.86. The normalized spacial score (nSPS) is 10.1. The van der Waals surface area contributed by atoms with Crippen LogP contribution in [0, 0.1) is 0 Å². The Morgan fingerprint density at radius 2 is 1.81 bits per heavy atom. The summed E-state index contributed by atoms with van der Waals surface area (Å²) in [7, 11) is 0. The zero-order valence-electron chi connectivity index (χ0n) is 11.6. The molecule has 0 saturated heterocycles. The van der Waals surface area contributed by atoms with Crippen molar-refractivity contribution < 1.29 is 9.53 Å². The maximum absolute atomic E-state index is 11.6. The summed E-state index contributed by atoms with van der Waals surface area (Å²) >= 11 is 1.80. The number of hydrogen-bond acceptors (Lipinski definition) is 4. The number of ether oxygens (including phenoxy) is 1. The van der Waals surface area contributed by atoms with E-state index in [1.165, 1.54) is 5.56 Å². The maximum Gasteiger partial charge on any atom is 0.268 e. The fourth-order valence-corrected chi connectivity index (χ4v) is 2.61. The van der Waals surface area contributed by atoms with Gasteiger partial charge < -0.3 is 4.74 Å². The van der Waals surface area contributed by atoms with Crippen LogP contribution < -0.4 is 16.0 Å². The second kappa shape index (κ2) is 8.34. The van der Waals surface area contributed by atoms with E-state index in [0.29, 0.717) is 17.9 Å². The average Bonchev–Trinajstić information content (AvgIpc) is 2.55. The molecule has 0 spiro atoms. The average molecular weight is 302 g/mol. The Balaban J connectivity index is 1.77. The zero-order valence-corrected chi connectivity index (χ0v) is 12.4. The smallest absolute Gasteiger partial charge is 0.268 e. The molecule has 1 amide bonds. The Morgan fingerprint density at radius 1 is 1.10 bits per heavy atom. The number of benzene rings is 2. The number of amides is 1. The van der Waals surface area contributed by atoms with Crippen molar-refractivity contribution in [2.45, 2.75) is 5.75 Å². The zero-order chi connectivity index (χ0) is 14.9. The van der Waals surface area contributed by atoms with Gasteiger partial charge in [0.25, 0.3) is 5.91 Å². The minimum absolute atomic E-state index is 0.345. The van der Waals surface area contributed by atoms with Gasteiger partial charge in [0.2, 0.25) is 0 Å². The highest BCUT2D eigenvalue weighted by molar-refractivity contribution is 7.98. The second-order valence-electron chi connectivity index (χ2n) is 4.36. The van der Waals surface area contributed by atoms with Gasteiger partial charge in [-0.15, -0.1) is 0 Å². The first-order chi connectivity index (χ1) is 10.3. The highest BCUT2D eigenvalue weighted by Crippen LogP contribution is 2.18. The number of hydrogen-bond donors (Lipinski definition) is 2. The minimum atomic E-state index is -0.345. The van der Waals surface area contributed by atoms with Crippen molar-refractivity contribution in [1.82, 2.24) is 5.43 Å². The Labute approximate surface area is 128 Å². The van der Waals surface area contributed by atoms with E-state index in [0.717, 1.165) is 11.5 Å². The predicted molar refractivity (Wildman–Crippen MR) is 86.2 cm³/mol. The standard InChI is InChI=1S/C16H18N2O2S/c17-18-16(19)14-8-4-5-9-15(14)20-10-11-21-12-13-6-2-1-3-7-13/h1-9H,10-12,17H2,(H,18,19). The lowest BCUT2D eigenvalue weighted by Crippen LogP contribution is -2.30. The molecule has 0 aliphatic rings. The van der Waals surface area contributed by atoms with Gasteiger partial charge in [-0.05, 0) is 17.7 Å². The fraction of sp³-hybridized carbons (Fsp3) is 0.188. The first-order valence-corrected chi connectivity index (χ1v) is 7.81. The van der Waals surface area contributed by atoms with Crippen LogP contribution in [0.1, 0.15) is 15.9 Å². The molecule has 2 aromatic carbocycles. The molecule has 0 saturated carbocycles. The van der Waals surface area contributed by atoms with Gasteiger partial charge in [0, 0.05) is 11.5 Å². The number of nitrogen functional groups attached to an aromatic ring is 1. The van der Waals surface area contributed by atoms with E-state index in [1.54, 1.807) is 30.0 Å². The molecule has 0 aliphatic carbocycles. The second-order valence-corrected chi connectivity index (χ2v) is 5.46. The molecule has 2 aromatic rings. The molecule has 0 aromatic heterocycles. The molecule has 21 heavy (non-hydrogen) atoms. The van der Waals surface area contributed by atoms with Gasteiger partial charge in [-0.2, -0.15) is 11.8 Å². The van der Waals surface area contributed by atoms with Crippen molar-refractivity contribution in [1.29, 1.82) is 0 Å². The monoisotopic (exact) mass is 302 g/mol. The van der Waals surface area contributed by atoms with Gasteiger partial charge in [-0.1, -0.05) is 42.5 Å². The van der Waals surface area contributed by atoms with Gasteiger partial charge in [0.1, 0.15) is 5.75 Å². The summed E-state index contributed by atoms with van der Waals surface area (Å²) in [5, 5.41) is 0. The third kappa shape index (κ3) is 4.81. The largest absolute Gasteiger partial charge is 0.492 e. The SMILES string of the molecule is NNC(=O)c1ccccc1OCCSCc1ccccc1. The molecule has 0 unspecified atom stereocenters. The van der Waals surface area contributed by atoms with Crippen LogP contribution in [0.2, 0.25) is 0 Å². The van der Waals surface area contributed by atoms with Crippen molar-refractivity contribution >= 4 is 17.7 Å². The van der Waals surface area contributed by atoms with E-state index >= 15 is 0 Å². The number of carbonyl (C=O) groups is 1. The van der Waals surface area contributed by atoms with Crippen molar-refractivity contribution in [3.8, 4) is 5.75 Å². The van der Waals surface area contributed by atoms with Crippen LogP contribution in [-0.2, 0) is 5.75 Å². The van der Waals surface area contributed by atoms with E-state index < -0.39 is 0 Å². The molecule has 5 heteroatoms. The summed E-state index contributed by atoms with van der Waals surface area (Å²) in [5.41, 5.74) is 3.87. The van der Waals surface area contributed by atoms with Gasteiger partial charge >= 0.3 is 0 Å². The van der Waals surface area contributed by atoms with Gasteiger partial charge in [-0.3, -0.25) is 10.2 Å². The molecule has 0 bridgehead atoms. The van der Waals surface area contributed by atoms with Crippen LogP contribution in [-0.4, -0.2) is 18.3 Å². The Hall–Kier alpha value is -1.98. The number of nitrogens with one attached hydrogen (secondary N) is 1. The van der Waals surface area contributed by atoms with Crippen LogP contribution in [0.25, 0.3) is 0 Å². The van der Waals surface area contributed by atoms with Gasteiger partial charge in [-0.25, -0.2) is 5.84 Å². The summed E-state index contributed by atoms with van der Waals surface area (Å²) in [6, 6.07) is 17.4. The fourth-order valence-electron chi connectivity index (χ4n) is 1.83. The highest BCUT2D eigenvalue weighted by atomic mass is 32.2. The van der Waals surface area contributed by atoms with Crippen LogP contribution in [0.15, 0.2) is 54.6 Å². The number of para-hydroxylation sites is 1. The topological polar surface area (TPSA) is 64.3 Å². The highest BCUT2D eigenvalue weighted by Gasteiger charge is 2.10. The van der Waals surface area contributed by atoms with Crippen molar-refractivity contribution in [2.24, 2.45) is 5.84 Å². The molecule has 4 nitrogen and oxygen atoms in total. The predicted octanol–water partition coefficient (Wildman–Crippen LogP) is 2.60. The van der Waals surface area contributed by atoms with E-state index in [-0.39, 0.29) is 5.91 Å². The lowest BCUT2D eigenvalue weighted by atomic mass is 10.2. The first-order valence-electron chi connectivity index (χ1n) is 6.65. The molecule has 0 fully saturated rings. The molecule has 0 aliphatic heterocycles. The summed E-state index contributed by atoms with van der Waals surface area (Å²) in [5.74, 6) is 7.17. The van der Waals surface area contributed by atoms with Gasteiger partial charge in [0.05, 0.1) is 12.2 Å². The van der Waals surface area contributed by atoms with Crippen molar-refractivity contribution in [3.63, 3.8) is 0 Å². The Morgan fingerprint density at radius 3 is 2.57 bits per heavy atom. The van der Waals surface area contributed by atoms with Crippen LogP contribution in [0.4, 0.5) is 0 Å². The molecule has 3 N–H and O–H groups in total. The van der Waals surface area contributed by atoms with E-state index in [2.05, 4.69) is 17.6 Å². The first kappa shape index (κ1) is 15.4. The number of carbonyl (C=O) groups excluding carboxylic acids is 1. The molecule has 110 valence electrons. The lowest BCUT2D eigenvalue weighted by molar-refractivity contribution is 0.0950. The molecule has 2 rings (SSSR count). The molecule has 0 heterocycles. The maximum atomic E-state index is 11.6.